The van der Waals surface area contributed by atoms with Crippen molar-refractivity contribution >= 4 is 11.9 Å². The van der Waals surface area contributed by atoms with Crippen molar-refractivity contribution in [3.05, 3.63) is 18.0 Å². The van der Waals surface area contributed by atoms with Crippen molar-refractivity contribution in [2.75, 3.05) is 33.2 Å². The number of hydrogen-bond acceptors (Lipinski definition) is 5. The zero-order valence-corrected chi connectivity index (χ0v) is 9.73. The van der Waals surface area contributed by atoms with Crippen LogP contribution >= 0.6 is 0 Å². The molecule has 1 aromatic rings. The summed E-state index contributed by atoms with van der Waals surface area (Å²) in [6, 6.07) is 1.64. The number of rotatable bonds is 4. The predicted molar refractivity (Wildman–Crippen MR) is 63.9 cm³/mol. The van der Waals surface area contributed by atoms with Gasteiger partial charge in [-0.1, -0.05) is 0 Å². The Morgan fingerprint density at radius 1 is 1.59 bits per heavy atom. The number of nitrogens with one attached hydrogen (secondary N) is 3. The van der Waals surface area contributed by atoms with Gasteiger partial charge in [-0.05, 0) is 6.07 Å². The molecule has 2 rings (SSSR count). The average molecular weight is 236 g/mol. The number of carbonyl (C=O) groups excluding carboxylic acids is 1. The predicted octanol–water partition coefficient (Wildman–Crippen LogP) is -0.969. The molecule has 1 amide bonds. The largest absolute Gasteiger partial charge is 0.354 e. The Balaban J connectivity index is 1.65. The second kappa shape index (κ2) is 5.33. The molecule has 3 N–H and O–H groups in total. The average Bonchev–Trinajstić information content (AvgIpc) is 2.96. The fraction of sp³-hybridized carbons (Fsp3) is 0.500. The lowest BCUT2D eigenvalue weighted by Gasteiger charge is -2.15. The van der Waals surface area contributed by atoms with Gasteiger partial charge in [0, 0.05) is 32.9 Å². The second-order valence-corrected chi connectivity index (χ2v) is 3.78. The molecule has 0 radical (unpaired) electrons. The number of aliphatic imine (C=N–C) groups is 1. The molecule has 17 heavy (non-hydrogen) atoms. The zero-order valence-electron chi connectivity index (χ0n) is 9.73. The molecule has 0 bridgehead atoms. The van der Waals surface area contributed by atoms with Gasteiger partial charge in [0.1, 0.15) is 5.69 Å². The Bertz CT molecular complexity index is 399. The highest BCUT2D eigenvalue weighted by Crippen LogP contribution is 1.94. The molecule has 1 aromatic heterocycles. The van der Waals surface area contributed by atoms with Crippen molar-refractivity contribution in [1.29, 1.82) is 0 Å². The van der Waals surface area contributed by atoms with Crippen LogP contribution in [0.4, 0.5) is 0 Å². The topological polar surface area (TPSA) is 85.4 Å². The standard InChI is InChI=1S/C10H16N6O/c1-16-7-6-13-10(16)12-5-4-11-9(17)8-2-3-14-15-8/h2-3H,4-7H2,1H3,(H,11,17)(H,12,13)(H,14,15). The fourth-order valence-corrected chi connectivity index (χ4v) is 1.55. The Kier molecular flexibility index (Phi) is 3.59. The Hall–Kier alpha value is -2.05. The van der Waals surface area contributed by atoms with E-state index in [1.54, 1.807) is 12.3 Å². The van der Waals surface area contributed by atoms with E-state index in [1.807, 2.05) is 7.05 Å². The molecule has 0 aliphatic carbocycles. The summed E-state index contributed by atoms with van der Waals surface area (Å²) in [4.78, 5) is 17.9. The van der Waals surface area contributed by atoms with Crippen molar-refractivity contribution in [3.8, 4) is 0 Å². The van der Waals surface area contributed by atoms with E-state index in [1.165, 1.54) is 0 Å². The van der Waals surface area contributed by atoms with E-state index in [9.17, 15) is 4.79 Å². The van der Waals surface area contributed by atoms with Gasteiger partial charge in [0.05, 0.1) is 6.54 Å². The molecule has 0 saturated carbocycles. The zero-order chi connectivity index (χ0) is 12.1. The Labute approximate surface area is 99.3 Å². The first kappa shape index (κ1) is 11.4. The maximum Gasteiger partial charge on any atom is 0.269 e. The van der Waals surface area contributed by atoms with Crippen LogP contribution in [0.2, 0.25) is 0 Å². The maximum absolute atomic E-state index is 11.5. The van der Waals surface area contributed by atoms with E-state index in [4.69, 9.17) is 0 Å². The van der Waals surface area contributed by atoms with Gasteiger partial charge in [-0.2, -0.15) is 5.10 Å². The summed E-state index contributed by atoms with van der Waals surface area (Å²) in [5.74, 6) is 0.742. The molecular formula is C10H16N6O. The Morgan fingerprint density at radius 2 is 2.47 bits per heavy atom. The minimum Gasteiger partial charge on any atom is -0.354 e. The van der Waals surface area contributed by atoms with Crippen LogP contribution in [0, 0.1) is 0 Å². The normalized spacial score (nSPS) is 14.6. The van der Waals surface area contributed by atoms with Crippen molar-refractivity contribution in [3.63, 3.8) is 0 Å². The van der Waals surface area contributed by atoms with E-state index in [-0.39, 0.29) is 5.91 Å². The second-order valence-electron chi connectivity index (χ2n) is 3.78. The van der Waals surface area contributed by atoms with Gasteiger partial charge in [-0.15, -0.1) is 0 Å². The van der Waals surface area contributed by atoms with Crippen LogP contribution in [0.15, 0.2) is 17.3 Å². The molecule has 0 atom stereocenters. The first-order chi connectivity index (χ1) is 8.27. The Morgan fingerprint density at radius 3 is 3.12 bits per heavy atom. The minimum absolute atomic E-state index is 0.147. The molecule has 0 aromatic carbocycles. The van der Waals surface area contributed by atoms with Gasteiger partial charge < -0.3 is 15.5 Å². The van der Waals surface area contributed by atoms with Gasteiger partial charge in [0.2, 0.25) is 0 Å². The number of amides is 1. The van der Waals surface area contributed by atoms with E-state index < -0.39 is 0 Å². The van der Waals surface area contributed by atoms with Gasteiger partial charge >= 0.3 is 0 Å². The minimum atomic E-state index is -0.147. The molecule has 0 fully saturated rings. The van der Waals surface area contributed by atoms with Crippen LogP contribution < -0.4 is 10.6 Å². The summed E-state index contributed by atoms with van der Waals surface area (Å²) < 4.78 is 0. The maximum atomic E-state index is 11.5. The van der Waals surface area contributed by atoms with E-state index >= 15 is 0 Å². The SMILES string of the molecule is CN1CCN=C1NCCNC(=O)c1ccn[nH]1. The first-order valence-corrected chi connectivity index (χ1v) is 5.54. The number of guanidine groups is 1. The number of carbonyl (C=O) groups is 1. The van der Waals surface area contributed by atoms with Crippen molar-refractivity contribution in [1.82, 2.24) is 25.7 Å². The summed E-state index contributed by atoms with van der Waals surface area (Å²) >= 11 is 0. The number of aromatic amines is 1. The van der Waals surface area contributed by atoms with Crippen molar-refractivity contribution < 1.29 is 4.79 Å². The molecule has 92 valence electrons. The molecule has 0 unspecified atom stereocenters. The molecule has 1 aliphatic rings. The van der Waals surface area contributed by atoms with Crippen LogP contribution in [0.25, 0.3) is 0 Å². The quantitative estimate of drug-likeness (QED) is 0.587. The molecule has 1 aliphatic heterocycles. The summed E-state index contributed by atoms with van der Waals surface area (Å²) in [6.45, 7) is 2.98. The molecule has 0 saturated heterocycles. The number of nitrogens with zero attached hydrogens (tertiary/aromatic N) is 3. The van der Waals surface area contributed by atoms with Crippen LogP contribution in [0.1, 0.15) is 10.5 Å². The monoisotopic (exact) mass is 236 g/mol. The van der Waals surface area contributed by atoms with Crippen molar-refractivity contribution in [2.45, 2.75) is 0 Å². The van der Waals surface area contributed by atoms with E-state index in [0.29, 0.717) is 18.8 Å². The van der Waals surface area contributed by atoms with Crippen molar-refractivity contribution in [2.24, 2.45) is 4.99 Å². The highest BCUT2D eigenvalue weighted by molar-refractivity contribution is 5.92. The third kappa shape index (κ3) is 2.96. The van der Waals surface area contributed by atoms with Gasteiger partial charge in [-0.3, -0.25) is 14.9 Å². The highest BCUT2D eigenvalue weighted by atomic mass is 16.1. The smallest absolute Gasteiger partial charge is 0.269 e. The van der Waals surface area contributed by atoms with Gasteiger partial charge in [0.15, 0.2) is 5.96 Å². The molecule has 2 heterocycles. The summed E-state index contributed by atoms with van der Waals surface area (Å²) in [7, 11) is 1.99. The first-order valence-electron chi connectivity index (χ1n) is 5.54. The lowest BCUT2D eigenvalue weighted by Crippen LogP contribution is -2.40. The third-order valence-electron chi connectivity index (χ3n) is 2.50. The van der Waals surface area contributed by atoms with Gasteiger partial charge in [0.25, 0.3) is 5.91 Å². The lowest BCUT2D eigenvalue weighted by atomic mass is 10.4. The fourth-order valence-electron chi connectivity index (χ4n) is 1.55. The summed E-state index contributed by atoms with van der Waals surface area (Å²) in [6.07, 6.45) is 1.55. The summed E-state index contributed by atoms with van der Waals surface area (Å²) in [5.41, 5.74) is 0.473. The van der Waals surface area contributed by atoms with Crippen LogP contribution in [-0.2, 0) is 0 Å². The van der Waals surface area contributed by atoms with Crippen LogP contribution in [0.3, 0.4) is 0 Å². The number of likely N-dealkylation sites (N-methyl/N-ethyl adjacent to an activating group) is 1. The highest BCUT2D eigenvalue weighted by Gasteiger charge is 2.11. The number of aromatic nitrogens is 2. The third-order valence-corrected chi connectivity index (χ3v) is 2.50. The van der Waals surface area contributed by atoms with Crippen LogP contribution in [0.5, 0.6) is 0 Å². The molecule has 0 spiro atoms. The van der Waals surface area contributed by atoms with Gasteiger partial charge in [-0.25, -0.2) is 0 Å². The molecule has 7 heteroatoms. The van der Waals surface area contributed by atoms with E-state index in [2.05, 4.69) is 30.7 Å². The van der Waals surface area contributed by atoms with Crippen LogP contribution in [-0.4, -0.2) is 60.2 Å². The molecular weight excluding hydrogens is 220 g/mol. The number of hydrogen-bond donors (Lipinski definition) is 3. The number of H-pyrrole nitrogens is 1. The summed E-state index contributed by atoms with van der Waals surface area (Å²) in [5, 5.41) is 12.3. The lowest BCUT2D eigenvalue weighted by molar-refractivity contribution is 0.0949. The van der Waals surface area contributed by atoms with E-state index in [0.717, 1.165) is 19.0 Å². The molecule has 7 nitrogen and oxygen atoms in total.